The van der Waals surface area contributed by atoms with Gasteiger partial charge in [-0.25, -0.2) is 0 Å². The van der Waals surface area contributed by atoms with E-state index in [4.69, 9.17) is 4.74 Å². The average molecular weight is 262 g/mol. The van der Waals surface area contributed by atoms with Gasteiger partial charge in [0.1, 0.15) is 0 Å². The normalized spacial score (nSPS) is 18.9. The fourth-order valence-electron chi connectivity index (χ4n) is 1.49. The largest absolute Gasteiger partial charge is 0.379 e. The molecule has 2 nitrogen and oxygen atoms in total. The van der Waals surface area contributed by atoms with E-state index >= 15 is 0 Å². The van der Waals surface area contributed by atoms with Crippen LogP contribution < -0.4 is 0 Å². The highest BCUT2D eigenvalue weighted by molar-refractivity contribution is 9.11. The third-order valence-corrected chi connectivity index (χ3v) is 3.84. The van der Waals surface area contributed by atoms with Gasteiger partial charge in [-0.15, -0.1) is 11.3 Å². The third kappa shape index (κ3) is 2.31. The molecule has 0 N–H and O–H groups in total. The van der Waals surface area contributed by atoms with Crippen LogP contribution in [0.25, 0.3) is 0 Å². The number of likely N-dealkylation sites (tertiary alicyclic amines) is 1. The summed E-state index contributed by atoms with van der Waals surface area (Å²) >= 11 is 5.21. The number of thiophene rings is 1. The van der Waals surface area contributed by atoms with E-state index in [-0.39, 0.29) is 0 Å². The van der Waals surface area contributed by atoms with Gasteiger partial charge in [0, 0.05) is 26.7 Å². The molecule has 72 valence electrons. The number of hydrogen-bond donors (Lipinski definition) is 0. The zero-order valence-electron chi connectivity index (χ0n) is 7.50. The second-order valence-corrected chi connectivity index (χ2v) is 5.60. The van der Waals surface area contributed by atoms with Crippen LogP contribution in [0.15, 0.2) is 15.2 Å². The molecule has 0 spiro atoms. The van der Waals surface area contributed by atoms with Crippen LogP contribution in [0.2, 0.25) is 0 Å². The molecule has 0 atom stereocenters. The van der Waals surface area contributed by atoms with E-state index in [1.54, 1.807) is 18.4 Å². The first kappa shape index (κ1) is 9.65. The van der Waals surface area contributed by atoms with Crippen LogP contribution >= 0.6 is 27.3 Å². The van der Waals surface area contributed by atoms with Crippen LogP contribution in [0.5, 0.6) is 0 Å². The monoisotopic (exact) mass is 261 g/mol. The number of hydrogen-bond acceptors (Lipinski definition) is 3. The molecule has 0 radical (unpaired) electrons. The summed E-state index contributed by atoms with van der Waals surface area (Å²) in [5.41, 5.74) is 1.39. The lowest BCUT2D eigenvalue weighted by molar-refractivity contribution is -0.0333. The van der Waals surface area contributed by atoms with Gasteiger partial charge in [0.2, 0.25) is 0 Å². The van der Waals surface area contributed by atoms with Crippen molar-refractivity contribution in [1.82, 2.24) is 4.90 Å². The molecule has 2 rings (SSSR count). The van der Waals surface area contributed by atoms with Crippen LogP contribution in [-0.4, -0.2) is 31.2 Å². The van der Waals surface area contributed by atoms with Gasteiger partial charge in [-0.05, 0) is 32.9 Å². The first-order valence-corrected chi connectivity index (χ1v) is 5.93. The van der Waals surface area contributed by atoms with Crippen molar-refractivity contribution in [2.24, 2.45) is 0 Å². The van der Waals surface area contributed by atoms with Crippen molar-refractivity contribution in [2.45, 2.75) is 12.6 Å². The van der Waals surface area contributed by atoms with Crippen molar-refractivity contribution < 1.29 is 4.74 Å². The van der Waals surface area contributed by atoms with E-state index in [2.05, 4.69) is 32.3 Å². The molecule has 1 aliphatic rings. The summed E-state index contributed by atoms with van der Waals surface area (Å²) in [7, 11) is 1.78. The Kier molecular flexibility index (Phi) is 3.03. The number of rotatable bonds is 3. The van der Waals surface area contributed by atoms with Gasteiger partial charge in [-0.1, -0.05) is 0 Å². The Morgan fingerprint density at radius 1 is 1.69 bits per heavy atom. The first-order valence-electron chi connectivity index (χ1n) is 4.26. The molecule has 13 heavy (non-hydrogen) atoms. The summed E-state index contributed by atoms with van der Waals surface area (Å²) in [5.74, 6) is 0. The van der Waals surface area contributed by atoms with E-state index in [0.717, 1.165) is 19.6 Å². The number of nitrogens with zero attached hydrogens (tertiary/aromatic N) is 1. The standard InChI is InChI=1S/C9H12BrNOS/c1-12-8-4-11(5-8)3-7-2-9(10)13-6-7/h2,6,8H,3-5H2,1H3. The minimum absolute atomic E-state index is 0.460. The summed E-state index contributed by atoms with van der Waals surface area (Å²) < 4.78 is 6.43. The van der Waals surface area contributed by atoms with Crippen molar-refractivity contribution in [3.05, 3.63) is 20.8 Å². The van der Waals surface area contributed by atoms with Gasteiger partial charge < -0.3 is 4.74 Å². The molecule has 2 heterocycles. The molecular weight excluding hydrogens is 250 g/mol. The number of halogens is 1. The van der Waals surface area contributed by atoms with Gasteiger partial charge in [-0.3, -0.25) is 4.90 Å². The number of ether oxygens (including phenoxy) is 1. The summed E-state index contributed by atoms with van der Waals surface area (Å²) in [5, 5.41) is 2.20. The molecular formula is C9H12BrNOS. The number of methoxy groups -OCH3 is 1. The summed E-state index contributed by atoms with van der Waals surface area (Å²) in [4.78, 5) is 2.39. The Morgan fingerprint density at radius 2 is 2.46 bits per heavy atom. The predicted octanol–water partition coefficient (Wildman–Crippen LogP) is 2.34. The molecule has 1 aliphatic heterocycles. The fraction of sp³-hybridized carbons (Fsp3) is 0.556. The van der Waals surface area contributed by atoms with Crippen molar-refractivity contribution in [3.8, 4) is 0 Å². The van der Waals surface area contributed by atoms with Gasteiger partial charge >= 0.3 is 0 Å². The minimum atomic E-state index is 0.460. The minimum Gasteiger partial charge on any atom is -0.379 e. The second-order valence-electron chi connectivity index (χ2n) is 3.31. The lowest BCUT2D eigenvalue weighted by Gasteiger charge is -2.37. The van der Waals surface area contributed by atoms with E-state index in [1.807, 2.05) is 0 Å². The molecule has 0 amide bonds. The van der Waals surface area contributed by atoms with Crippen molar-refractivity contribution in [2.75, 3.05) is 20.2 Å². The van der Waals surface area contributed by atoms with Gasteiger partial charge in [0.15, 0.2) is 0 Å². The van der Waals surface area contributed by atoms with E-state index < -0.39 is 0 Å². The van der Waals surface area contributed by atoms with Crippen LogP contribution in [0.4, 0.5) is 0 Å². The fourth-order valence-corrected chi connectivity index (χ4v) is 2.69. The Balaban J connectivity index is 1.81. The quantitative estimate of drug-likeness (QED) is 0.829. The Labute approximate surface area is 90.6 Å². The highest BCUT2D eigenvalue weighted by Crippen LogP contribution is 2.23. The molecule has 4 heteroatoms. The Hall–Kier alpha value is 0.100. The molecule has 1 aromatic heterocycles. The maximum Gasteiger partial charge on any atom is 0.0825 e. The first-order chi connectivity index (χ1) is 6.28. The van der Waals surface area contributed by atoms with Crippen LogP contribution in [0, 0.1) is 0 Å². The molecule has 0 saturated carbocycles. The average Bonchev–Trinajstić information content (AvgIpc) is 2.43. The lowest BCUT2D eigenvalue weighted by atomic mass is 10.1. The maximum absolute atomic E-state index is 5.21. The van der Waals surface area contributed by atoms with Gasteiger partial charge in [0.25, 0.3) is 0 Å². The molecule has 1 saturated heterocycles. The molecule has 0 bridgehead atoms. The zero-order valence-corrected chi connectivity index (χ0v) is 9.90. The zero-order chi connectivity index (χ0) is 9.26. The van der Waals surface area contributed by atoms with Crippen LogP contribution in [-0.2, 0) is 11.3 Å². The van der Waals surface area contributed by atoms with Gasteiger partial charge in [-0.2, -0.15) is 0 Å². The third-order valence-electron chi connectivity index (χ3n) is 2.28. The van der Waals surface area contributed by atoms with Crippen molar-refractivity contribution in [1.29, 1.82) is 0 Å². The molecule has 1 fully saturated rings. The molecule has 0 unspecified atom stereocenters. The summed E-state index contributed by atoms with van der Waals surface area (Å²) in [6.07, 6.45) is 0.460. The Morgan fingerprint density at radius 3 is 3.00 bits per heavy atom. The maximum atomic E-state index is 5.21. The van der Waals surface area contributed by atoms with Crippen molar-refractivity contribution >= 4 is 27.3 Å². The summed E-state index contributed by atoms with van der Waals surface area (Å²) in [6.45, 7) is 3.20. The van der Waals surface area contributed by atoms with Crippen molar-refractivity contribution in [3.63, 3.8) is 0 Å². The highest BCUT2D eigenvalue weighted by atomic mass is 79.9. The molecule has 1 aromatic rings. The topological polar surface area (TPSA) is 12.5 Å². The summed E-state index contributed by atoms with van der Waals surface area (Å²) in [6, 6.07) is 2.19. The highest BCUT2D eigenvalue weighted by Gasteiger charge is 2.25. The Bertz CT molecular complexity index is 283. The van der Waals surface area contributed by atoms with E-state index in [9.17, 15) is 0 Å². The lowest BCUT2D eigenvalue weighted by Crippen LogP contribution is -2.50. The van der Waals surface area contributed by atoms with E-state index in [0.29, 0.717) is 6.10 Å². The second kappa shape index (κ2) is 4.09. The smallest absolute Gasteiger partial charge is 0.0825 e. The SMILES string of the molecule is COC1CN(Cc2csc(Br)c2)C1. The molecule has 0 aliphatic carbocycles. The van der Waals surface area contributed by atoms with Crippen LogP contribution in [0.1, 0.15) is 5.56 Å². The predicted molar refractivity (Wildman–Crippen MR) is 58.1 cm³/mol. The van der Waals surface area contributed by atoms with E-state index in [1.165, 1.54) is 9.35 Å². The van der Waals surface area contributed by atoms with Gasteiger partial charge in [0.05, 0.1) is 9.89 Å². The van der Waals surface area contributed by atoms with Crippen LogP contribution in [0.3, 0.4) is 0 Å². The molecule has 0 aromatic carbocycles.